The highest BCUT2D eigenvalue weighted by Crippen LogP contribution is 2.18. The van der Waals surface area contributed by atoms with Crippen molar-refractivity contribution in [3.05, 3.63) is 59.2 Å². The molecule has 0 aliphatic rings. The summed E-state index contributed by atoms with van der Waals surface area (Å²) in [5.74, 6) is -0.235. The average Bonchev–Trinajstić information content (AvgIpc) is 2.64. The summed E-state index contributed by atoms with van der Waals surface area (Å²) in [5.41, 5.74) is 5.88. The number of amides is 1. The molecule has 0 aliphatic carbocycles. The number of carbonyl (C=O) groups is 1. The molecule has 2 aromatic rings. The van der Waals surface area contributed by atoms with Crippen LogP contribution in [0.5, 0.6) is 5.75 Å². The number of carbonyl (C=O) groups excluding carboxylic acids is 1. The zero-order valence-corrected chi connectivity index (χ0v) is 14.9. The summed E-state index contributed by atoms with van der Waals surface area (Å²) in [6, 6.07) is 14.1. The first-order chi connectivity index (χ1) is 12.5. The number of nitriles is 1. The summed E-state index contributed by atoms with van der Waals surface area (Å²) >= 11 is 0. The summed E-state index contributed by atoms with van der Waals surface area (Å²) in [7, 11) is 0. The van der Waals surface area contributed by atoms with Gasteiger partial charge in [-0.25, -0.2) is 5.43 Å². The summed E-state index contributed by atoms with van der Waals surface area (Å²) in [6.07, 6.45) is 2.09. The van der Waals surface area contributed by atoms with Crippen LogP contribution in [0, 0.1) is 18.3 Å². The van der Waals surface area contributed by atoms with Gasteiger partial charge >= 0.3 is 0 Å². The molecule has 0 heterocycles. The number of benzene rings is 2. The van der Waals surface area contributed by atoms with Gasteiger partial charge in [0.1, 0.15) is 5.75 Å². The Balaban J connectivity index is 2.03. The van der Waals surface area contributed by atoms with E-state index < -0.39 is 0 Å². The largest absolute Gasteiger partial charge is 0.508 e. The molecule has 26 heavy (non-hydrogen) atoms. The normalized spacial score (nSPS) is 10.5. The third-order valence-electron chi connectivity index (χ3n) is 3.99. The van der Waals surface area contributed by atoms with Gasteiger partial charge in [0.2, 0.25) is 0 Å². The number of hydrogen-bond donors (Lipinski definition) is 2. The van der Waals surface area contributed by atoms with Crippen LogP contribution in [0.4, 0.5) is 5.69 Å². The maximum Gasteiger partial charge on any atom is 0.271 e. The van der Waals surface area contributed by atoms with Gasteiger partial charge in [0.25, 0.3) is 5.91 Å². The van der Waals surface area contributed by atoms with Gasteiger partial charge in [0, 0.05) is 24.3 Å². The molecule has 2 aromatic carbocycles. The van der Waals surface area contributed by atoms with Crippen LogP contribution in [0.1, 0.15) is 34.8 Å². The molecule has 6 nitrogen and oxygen atoms in total. The van der Waals surface area contributed by atoms with Crippen molar-refractivity contribution in [3.8, 4) is 11.8 Å². The lowest BCUT2D eigenvalue weighted by atomic mass is 10.1. The van der Waals surface area contributed by atoms with Crippen LogP contribution in [0.25, 0.3) is 0 Å². The number of hydrogen-bond acceptors (Lipinski definition) is 5. The highest BCUT2D eigenvalue weighted by atomic mass is 16.3. The van der Waals surface area contributed by atoms with E-state index in [0.717, 1.165) is 23.4 Å². The van der Waals surface area contributed by atoms with Crippen LogP contribution >= 0.6 is 0 Å². The number of aromatic hydroxyl groups is 1. The van der Waals surface area contributed by atoms with Crippen molar-refractivity contribution >= 4 is 17.8 Å². The van der Waals surface area contributed by atoms with E-state index >= 15 is 0 Å². The zero-order chi connectivity index (χ0) is 18.9. The van der Waals surface area contributed by atoms with Gasteiger partial charge in [0.05, 0.1) is 18.7 Å². The molecule has 0 spiro atoms. The number of phenolic OH excluding ortho intramolecular Hbond substituents is 1. The fraction of sp³-hybridized carbons (Fsp3) is 0.250. The standard InChI is InChI=1S/C20H22N4O2/c1-3-24(12-4-11-21)18-8-5-17(15(2)13-18)14-22-23-20(26)16-6-9-19(25)10-7-16/h5-10,13-14,25H,3-4,12H2,1-2H3,(H,23,26)/b22-14-. The topological polar surface area (TPSA) is 88.7 Å². The van der Waals surface area contributed by atoms with E-state index in [1.807, 2.05) is 25.1 Å². The van der Waals surface area contributed by atoms with Crippen molar-refractivity contribution in [1.29, 1.82) is 5.26 Å². The van der Waals surface area contributed by atoms with E-state index in [9.17, 15) is 9.90 Å². The molecule has 0 radical (unpaired) electrons. The Morgan fingerprint density at radius 1 is 1.31 bits per heavy atom. The zero-order valence-electron chi connectivity index (χ0n) is 14.9. The molecular formula is C20H22N4O2. The van der Waals surface area contributed by atoms with Gasteiger partial charge in [0.15, 0.2) is 0 Å². The highest BCUT2D eigenvalue weighted by Gasteiger charge is 2.06. The maximum absolute atomic E-state index is 12.0. The SMILES string of the molecule is CCN(CCC#N)c1ccc(/C=N\NC(=O)c2ccc(O)cc2)c(C)c1. The summed E-state index contributed by atoms with van der Waals surface area (Å²) < 4.78 is 0. The molecule has 0 saturated carbocycles. The summed E-state index contributed by atoms with van der Waals surface area (Å²) in [6.45, 7) is 5.56. The van der Waals surface area contributed by atoms with Gasteiger partial charge in [-0.3, -0.25) is 4.79 Å². The molecule has 0 saturated heterocycles. The number of nitrogens with zero attached hydrogens (tertiary/aromatic N) is 3. The highest BCUT2D eigenvalue weighted by molar-refractivity contribution is 5.95. The average molecular weight is 350 g/mol. The fourth-order valence-corrected chi connectivity index (χ4v) is 2.49. The minimum absolute atomic E-state index is 0.108. The minimum atomic E-state index is -0.343. The van der Waals surface area contributed by atoms with E-state index in [1.54, 1.807) is 6.21 Å². The molecule has 0 aromatic heterocycles. The number of aryl methyl sites for hydroxylation is 1. The minimum Gasteiger partial charge on any atom is -0.508 e. The third kappa shape index (κ3) is 5.08. The van der Waals surface area contributed by atoms with E-state index in [4.69, 9.17) is 5.26 Å². The molecule has 134 valence electrons. The lowest BCUT2D eigenvalue weighted by molar-refractivity contribution is 0.0955. The van der Waals surface area contributed by atoms with Crippen LogP contribution < -0.4 is 10.3 Å². The first-order valence-electron chi connectivity index (χ1n) is 8.40. The van der Waals surface area contributed by atoms with Crippen molar-refractivity contribution in [1.82, 2.24) is 5.43 Å². The van der Waals surface area contributed by atoms with Gasteiger partial charge < -0.3 is 10.0 Å². The number of hydrazone groups is 1. The molecule has 2 rings (SSSR count). The van der Waals surface area contributed by atoms with E-state index in [0.29, 0.717) is 18.5 Å². The van der Waals surface area contributed by atoms with Gasteiger partial charge in [-0.2, -0.15) is 10.4 Å². The fourth-order valence-electron chi connectivity index (χ4n) is 2.49. The van der Waals surface area contributed by atoms with Crippen molar-refractivity contribution in [2.45, 2.75) is 20.3 Å². The Hall–Kier alpha value is -3.33. The Kier molecular flexibility index (Phi) is 6.75. The van der Waals surface area contributed by atoms with Crippen LogP contribution in [-0.2, 0) is 0 Å². The van der Waals surface area contributed by atoms with Gasteiger partial charge in [-0.05, 0) is 61.4 Å². The molecule has 0 fully saturated rings. The molecule has 0 unspecified atom stereocenters. The smallest absolute Gasteiger partial charge is 0.271 e. The Bertz CT molecular complexity index is 823. The second kappa shape index (κ2) is 9.23. The molecule has 0 atom stereocenters. The van der Waals surface area contributed by atoms with E-state index in [2.05, 4.69) is 28.4 Å². The summed E-state index contributed by atoms with van der Waals surface area (Å²) in [4.78, 5) is 14.1. The number of anilines is 1. The van der Waals surface area contributed by atoms with Crippen molar-refractivity contribution in [2.75, 3.05) is 18.0 Å². The predicted octanol–water partition coefficient (Wildman–Crippen LogP) is 3.20. The second-order valence-corrected chi connectivity index (χ2v) is 5.77. The van der Waals surface area contributed by atoms with Gasteiger partial charge in [-0.15, -0.1) is 0 Å². The van der Waals surface area contributed by atoms with Crippen molar-refractivity contribution in [2.24, 2.45) is 5.10 Å². The van der Waals surface area contributed by atoms with Crippen molar-refractivity contribution < 1.29 is 9.90 Å². The Morgan fingerprint density at radius 3 is 2.65 bits per heavy atom. The molecule has 0 bridgehead atoms. The first-order valence-corrected chi connectivity index (χ1v) is 8.40. The monoisotopic (exact) mass is 350 g/mol. The molecule has 0 aliphatic heterocycles. The van der Waals surface area contributed by atoms with Crippen molar-refractivity contribution in [3.63, 3.8) is 0 Å². The second-order valence-electron chi connectivity index (χ2n) is 5.77. The van der Waals surface area contributed by atoms with Gasteiger partial charge in [-0.1, -0.05) is 6.07 Å². The first kappa shape index (κ1) is 19.0. The molecule has 2 N–H and O–H groups in total. The molecular weight excluding hydrogens is 328 g/mol. The number of phenols is 1. The molecule has 1 amide bonds. The lowest BCUT2D eigenvalue weighted by Gasteiger charge is -2.22. The lowest BCUT2D eigenvalue weighted by Crippen LogP contribution is -2.23. The van der Waals surface area contributed by atoms with Crippen LogP contribution in [-0.4, -0.2) is 30.3 Å². The van der Waals surface area contributed by atoms with Crippen LogP contribution in [0.3, 0.4) is 0 Å². The Labute approximate surface area is 153 Å². The summed E-state index contributed by atoms with van der Waals surface area (Å²) in [5, 5.41) is 22.0. The number of nitrogens with one attached hydrogen (secondary N) is 1. The van der Waals surface area contributed by atoms with Crippen LogP contribution in [0.15, 0.2) is 47.6 Å². The predicted molar refractivity (Wildman–Crippen MR) is 102 cm³/mol. The third-order valence-corrected chi connectivity index (χ3v) is 3.99. The maximum atomic E-state index is 12.0. The van der Waals surface area contributed by atoms with Crippen LogP contribution in [0.2, 0.25) is 0 Å². The van der Waals surface area contributed by atoms with E-state index in [1.165, 1.54) is 24.3 Å². The van der Waals surface area contributed by atoms with E-state index in [-0.39, 0.29) is 11.7 Å². The number of rotatable bonds is 7. The quantitative estimate of drug-likeness (QED) is 0.593. The molecule has 6 heteroatoms. The Morgan fingerprint density at radius 2 is 2.04 bits per heavy atom.